The van der Waals surface area contributed by atoms with Gasteiger partial charge in [-0.05, 0) is 41.5 Å². The molecule has 7 heteroatoms. The summed E-state index contributed by atoms with van der Waals surface area (Å²) in [7, 11) is -3.90. The van der Waals surface area contributed by atoms with Crippen LogP contribution in [0.4, 0.5) is 0 Å². The Morgan fingerprint density at radius 2 is 2.05 bits per heavy atom. The first-order valence-electron chi connectivity index (χ1n) is 6.71. The number of hydrogen-bond donors (Lipinski definition) is 0. The van der Waals surface area contributed by atoms with E-state index in [-0.39, 0.29) is 21.7 Å². The molecular formula is C15H13BrO4S2. The molecule has 0 saturated carbocycles. The van der Waals surface area contributed by atoms with E-state index in [1.165, 1.54) is 12.1 Å². The average Bonchev–Trinajstić information content (AvgIpc) is 2.96. The molecule has 0 amide bonds. The van der Waals surface area contributed by atoms with Crippen molar-refractivity contribution in [2.24, 2.45) is 5.92 Å². The second-order valence-electron chi connectivity index (χ2n) is 5.31. The zero-order chi connectivity index (χ0) is 15.9. The highest BCUT2D eigenvalue weighted by Crippen LogP contribution is 2.37. The van der Waals surface area contributed by atoms with Crippen molar-refractivity contribution in [3.8, 4) is 5.75 Å². The third kappa shape index (κ3) is 2.85. The van der Waals surface area contributed by atoms with Gasteiger partial charge >= 0.3 is 10.1 Å². The molecule has 1 aromatic heterocycles. The fourth-order valence-electron chi connectivity index (χ4n) is 2.58. The van der Waals surface area contributed by atoms with Crippen LogP contribution in [0.1, 0.15) is 29.3 Å². The fraction of sp³-hybridized carbons (Fsp3) is 0.267. The molecular weight excluding hydrogens is 388 g/mol. The Balaban J connectivity index is 2.07. The predicted molar refractivity (Wildman–Crippen MR) is 88.1 cm³/mol. The summed E-state index contributed by atoms with van der Waals surface area (Å²) in [6.07, 6.45) is 1.12. The molecule has 1 atom stereocenters. The smallest absolute Gasteiger partial charge is 0.348 e. The molecule has 1 aromatic carbocycles. The number of halogens is 1. The monoisotopic (exact) mass is 400 g/mol. The number of carbonyl (C=O) groups excluding carboxylic acids is 1. The first-order valence-corrected chi connectivity index (χ1v) is 9.79. The van der Waals surface area contributed by atoms with Crippen LogP contribution < -0.4 is 4.18 Å². The standard InChI is InChI=1S/C15H13BrO4S2/c1-9-7-10-11(16)4-5-13(15(10)12(17)8-9)20-22(18,19)14-3-2-6-21-14/h2-6,9H,7-8H2,1H3. The normalized spacial score (nSPS) is 18.1. The van der Waals surface area contributed by atoms with E-state index in [9.17, 15) is 13.2 Å². The quantitative estimate of drug-likeness (QED) is 0.729. The van der Waals surface area contributed by atoms with Crippen molar-refractivity contribution in [3.05, 3.63) is 45.2 Å². The van der Waals surface area contributed by atoms with Gasteiger partial charge < -0.3 is 4.18 Å². The van der Waals surface area contributed by atoms with Gasteiger partial charge in [-0.15, -0.1) is 11.3 Å². The van der Waals surface area contributed by atoms with Crippen LogP contribution in [0.5, 0.6) is 5.75 Å². The number of ketones is 1. The van der Waals surface area contributed by atoms with Gasteiger partial charge in [-0.1, -0.05) is 28.9 Å². The van der Waals surface area contributed by atoms with Crippen molar-refractivity contribution in [2.45, 2.75) is 24.0 Å². The topological polar surface area (TPSA) is 60.4 Å². The lowest BCUT2D eigenvalue weighted by atomic mass is 9.83. The first-order chi connectivity index (χ1) is 10.4. The molecule has 116 valence electrons. The van der Waals surface area contributed by atoms with E-state index in [1.54, 1.807) is 17.5 Å². The third-order valence-electron chi connectivity index (χ3n) is 3.52. The average molecular weight is 401 g/mol. The Bertz CT molecular complexity index is 825. The molecule has 22 heavy (non-hydrogen) atoms. The van der Waals surface area contributed by atoms with Crippen molar-refractivity contribution in [1.29, 1.82) is 0 Å². The summed E-state index contributed by atoms with van der Waals surface area (Å²) in [5, 5.41) is 1.67. The molecule has 1 aliphatic rings. The Morgan fingerprint density at radius 1 is 1.27 bits per heavy atom. The van der Waals surface area contributed by atoms with Gasteiger partial charge in [0.15, 0.2) is 15.7 Å². The van der Waals surface area contributed by atoms with E-state index in [4.69, 9.17) is 4.18 Å². The number of benzene rings is 1. The summed E-state index contributed by atoms with van der Waals surface area (Å²) in [5.41, 5.74) is 1.20. The SMILES string of the molecule is CC1CC(=O)c2c(OS(=O)(=O)c3cccs3)ccc(Br)c2C1. The van der Waals surface area contributed by atoms with Crippen LogP contribution in [0.2, 0.25) is 0 Å². The lowest BCUT2D eigenvalue weighted by molar-refractivity contribution is 0.0951. The van der Waals surface area contributed by atoms with Crippen molar-refractivity contribution in [2.75, 3.05) is 0 Å². The molecule has 0 aliphatic heterocycles. The lowest BCUT2D eigenvalue weighted by Crippen LogP contribution is -2.21. The molecule has 4 nitrogen and oxygen atoms in total. The molecule has 1 unspecified atom stereocenters. The fourth-order valence-corrected chi connectivity index (χ4v) is 4.96. The van der Waals surface area contributed by atoms with Gasteiger partial charge in [0, 0.05) is 10.9 Å². The molecule has 0 bridgehead atoms. The van der Waals surface area contributed by atoms with Crippen LogP contribution in [-0.4, -0.2) is 14.2 Å². The van der Waals surface area contributed by atoms with Crippen LogP contribution in [0, 0.1) is 5.92 Å². The van der Waals surface area contributed by atoms with Crippen LogP contribution in [0.3, 0.4) is 0 Å². The summed E-state index contributed by atoms with van der Waals surface area (Å²) in [4.78, 5) is 12.3. The Hall–Kier alpha value is -1.18. The van der Waals surface area contributed by atoms with E-state index in [2.05, 4.69) is 15.9 Å². The van der Waals surface area contributed by atoms with Gasteiger partial charge in [-0.2, -0.15) is 8.42 Å². The summed E-state index contributed by atoms with van der Waals surface area (Å²) < 4.78 is 30.7. The molecule has 1 heterocycles. The Labute approximate surface area is 141 Å². The summed E-state index contributed by atoms with van der Waals surface area (Å²) in [6, 6.07) is 6.38. The molecule has 0 fully saturated rings. The van der Waals surface area contributed by atoms with Crippen molar-refractivity contribution in [3.63, 3.8) is 0 Å². The van der Waals surface area contributed by atoms with Gasteiger partial charge in [0.2, 0.25) is 0 Å². The Kier molecular flexibility index (Phi) is 4.13. The maximum Gasteiger partial charge on any atom is 0.348 e. The van der Waals surface area contributed by atoms with Gasteiger partial charge in [0.25, 0.3) is 0 Å². The van der Waals surface area contributed by atoms with E-state index in [1.807, 2.05) is 6.92 Å². The van der Waals surface area contributed by atoms with E-state index in [0.717, 1.165) is 27.8 Å². The third-order valence-corrected chi connectivity index (χ3v) is 6.86. The highest BCUT2D eigenvalue weighted by Gasteiger charge is 2.30. The molecule has 0 saturated heterocycles. The maximum absolute atomic E-state index is 12.3. The zero-order valence-electron chi connectivity index (χ0n) is 11.7. The van der Waals surface area contributed by atoms with Gasteiger partial charge in [0.05, 0.1) is 5.56 Å². The van der Waals surface area contributed by atoms with Gasteiger partial charge in [-0.3, -0.25) is 4.79 Å². The summed E-state index contributed by atoms with van der Waals surface area (Å²) >= 11 is 4.52. The van der Waals surface area contributed by atoms with E-state index in [0.29, 0.717) is 12.0 Å². The zero-order valence-corrected chi connectivity index (χ0v) is 14.9. The molecule has 3 rings (SSSR count). The van der Waals surface area contributed by atoms with Crippen molar-refractivity contribution in [1.82, 2.24) is 0 Å². The maximum atomic E-state index is 12.3. The number of fused-ring (bicyclic) bond motifs is 1. The second kappa shape index (κ2) is 5.79. The minimum Gasteiger partial charge on any atom is -0.378 e. The number of rotatable bonds is 3. The number of hydrogen-bond acceptors (Lipinski definition) is 5. The minimum absolute atomic E-state index is 0.0774. The minimum atomic E-state index is -3.90. The van der Waals surface area contributed by atoms with Crippen LogP contribution >= 0.6 is 27.3 Å². The number of thiophene rings is 1. The number of Topliss-reactive ketones (excluding diaryl/α,β-unsaturated/α-hetero) is 1. The summed E-state index contributed by atoms with van der Waals surface area (Å²) in [5.74, 6) is 0.274. The second-order valence-corrected chi connectivity index (χ2v) is 8.88. The van der Waals surface area contributed by atoms with Crippen LogP contribution in [0.25, 0.3) is 0 Å². The largest absolute Gasteiger partial charge is 0.378 e. The van der Waals surface area contributed by atoms with E-state index < -0.39 is 10.1 Å². The molecule has 0 spiro atoms. The van der Waals surface area contributed by atoms with Crippen molar-refractivity contribution < 1.29 is 17.4 Å². The lowest BCUT2D eigenvalue weighted by Gasteiger charge is -2.23. The molecule has 2 aromatic rings. The van der Waals surface area contributed by atoms with Crippen molar-refractivity contribution >= 4 is 43.2 Å². The summed E-state index contributed by atoms with van der Waals surface area (Å²) in [6.45, 7) is 2.00. The van der Waals surface area contributed by atoms with E-state index >= 15 is 0 Å². The predicted octanol–water partition coefficient (Wildman–Crippen LogP) is 4.04. The first kappa shape index (κ1) is 15.7. The Morgan fingerprint density at radius 3 is 2.73 bits per heavy atom. The van der Waals surface area contributed by atoms with Gasteiger partial charge in [-0.25, -0.2) is 0 Å². The van der Waals surface area contributed by atoms with Crippen LogP contribution in [-0.2, 0) is 16.5 Å². The highest BCUT2D eigenvalue weighted by molar-refractivity contribution is 9.10. The number of carbonyl (C=O) groups is 1. The molecule has 1 aliphatic carbocycles. The molecule has 0 radical (unpaired) electrons. The van der Waals surface area contributed by atoms with Gasteiger partial charge in [0.1, 0.15) is 0 Å². The highest BCUT2D eigenvalue weighted by atomic mass is 79.9. The van der Waals surface area contributed by atoms with Crippen LogP contribution in [0.15, 0.2) is 38.3 Å². The molecule has 0 N–H and O–H groups in total.